The Balaban J connectivity index is 1.66. The number of hydrogen-bond acceptors (Lipinski definition) is 7. The van der Waals surface area contributed by atoms with Crippen molar-refractivity contribution in [1.29, 1.82) is 0 Å². The lowest BCUT2D eigenvalue weighted by Crippen LogP contribution is -2.46. The van der Waals surface area contributed by atoms with Crippen molar-refractivity contribution in [3.8, 4) is 0 Å². The van der Waals surface area contributed by atoms with Gasteiger partial charge in [-0.15, -0.1) is 10.2 Å². The maximum Gasteiger partial charge on any atom is 0.233 e. The highest BCUT2D eigenvalue weighted by Gasteiger charge is 2.36. The van der Waals surface area contributed by atoms with Crippen LogP contribution in [0.3, 0.4) is 0 Å². The second kappa shape index (κ2) is 7.63. The third-order valence-corrected chi connectivity index (χ3v) is 7.53. The van der Waals surface area contributed by atoms with Crippen LogP contribution in [-0.2, 0) is 26.4 Å². The molecule has 8 nitrogen and oxygen atoms in total. The molecule has 2 atom stereocenters. The van der Waals surface area contributed by atoms with Crippen molar-refractivity contribution in [2.24, 2.45) is 7.05 Å². The van der Waals surface area contributed by atoms with E-state index in [2.05, 4.69) is 10.2 Å². The molecule has 2 aliphatic heterocycles. The first-order valence-corrected chi connectivity index (χ1v) is 11.3. The molecule has 2 saturated heterocycles. The molecule has 0 bridgehead atoms. The second-order valence-electron chi connectivity index (χ2n) is 6.62. The molecule has 0 saturated carbocycles. The molecule has 0 spiro atoms. The van der Waals surface area contributed by atoms with Crippen molar-refractivity contribution in [2.75, 3.05) is 30.4 Å². The van der Waals surface area contributed by atoms with Gasteiger partial charge in [0.25, 0.3) is 0 Å². The van der Waals surface area contributed by atoms with E-state index in [1.807, 2.05) is 18.5 Å². The Labute approximate surface area is 152 Å². The quantitative estimate of drug-likeness (QED) is 0.652. The SMILES string of the molecule is Cc1nnc(SCC(=O)N(C[C@H]2CCCO2)[C@H]2CCS(=O)(=O)C2)n1C. The van der Waals surface area contributed by atoms with Crippen LogP contribution in [0.15, 0.2) is 5.16 Å². The molecule has 2 aliphatic rings. The van der Waals surface area contributed by atoms with E-state index < -0.39 is 9.84 Å². The van der Waals surface area contributed by atoms with Crippen LogP contribution in [0.4, 0.5) is 0 Å². The summed E-state index contributed by atoms with van der Waals surface area (Å²) in [6, 6.07) is -0.247. The van der Waals surface area contributed by atoms with Crippen molar-refractivity contribution < 1.29 is 17.9 Å². The van der Waals surface area contributed by atoms with Crippen molar-refractivity contribution >= 4 is 27.5 Å². The van der Waals surface area contributed by atoms with Crippen LogP contribution in [0.5, 0.6) is 0 Å². The Morgan fingerprint density at radius 1 is 1.40 bits per heavy atom. The van der Waals surface area contributed by atoms with Crippen LogP contribution < -0.4 is 0 Å². The van der Waals surface area contributed by atoms with E-state index in [1.165, 1.54) is 11.8 Å². The summed E-state index contributed by atoms with van der Waals surface area (Å²) in [4.78, 5) is 14.5. The second-order valence-corrected chi connectivity index (χ2v) is 9.79. The summed E-state index contributed by atoms with van der Waals surface area (Å²) in [6.07, 6.45) is 2.42. The van der Waals surface area contributed by atoms with Crippen LogP contribution in [0, 0.1) is 6.92 Å². The Morgan fingerprint density at radius 3 is 2.76 bits per heavy atom. The maximum atomic E-state index is 12.8. The number of sulfone groups is 1. The van der Waals surface area contributed by atoms with Crippen LogP contribution in [0.2, 0.25) is 0 Å². The Bertz CT molecular complexity index is 728. The molecule has 1 aromatic rings. The zero-order valence-corrected chi connectivity index (χ0v) is 16.2. The van der Waals surface area contributed by atoms with Gasteiger partial charge >= 0.3 is 0 Å². The van der Waals surface area contributed by atoms with Gasteiger partial charge in [0.05, 0.1) is 23.4 Å². The predicted molar refractivity (Wildman–Crippen MR) is 94.2 cm³/mol. The molecular weight excluding hydrogens is 364 g/mol. The lowest BCUT2D eigenvalue weighted by molar-refractivity contribution is -0.131. The van der Waals surface area contributed by atoms with Crippen LogP contribution in [0.1, 0.15) is 25.1 Å². The normalized spacial score (nSPS) is 25.4. The summed E-state index contributed by atoms with van der Waals surface area (Å²) in [6.45, 7) is 3.03. The zero-order chi connectivity index (χ0) is 18.0. The van der Waals surface area contributed by atoms with Gasteiger partial charge in [0.1, 0.15) is 5.82 Å². The average Bonchev–Trinajstić information content (AvgIpc) is 3.26. The zero-order valence-electron chi connectivity index (χ0n) is 14.5. The number of hydrogen-bond donors (Lipinski definition) is 0. The Hall–Kier alpha value is -1.13. The molecule has 0 radical (unpaired) electrons. The summed E-state index contributed by atoms with van der Waals surface area (Å²) < 4.78 is 31.2. The monoisotopic (exact) mass is 388 g/mol. The molecule has 2 fully saturated rings. The summed E-state index contributed by atoms with van der Waals surface area (Å²) in [5.74, 6) is 1.15. The minimum Gasteiger partial charge on any atom is -0.376 e. The van der Waals surface area contributed by atoms with Gasteiger partial charge in [-0.05, 0) is 26.2 Å². The van der Waals surface area contributed by atoms with Crippen molar-refractivity contribution in [3.05, 3.63) is 5.82 Å². The highest BCUT2D eigenvalue weighted by Crippen LogP contribution is 2.23. The minimum absolute atomic E-state index is 0.00864. The third kappa shape index (κ3) is 4.53. The molecule has 0 unspecified atom stereocenters. The number of carbonyl (C=O) groups excluding carboxylic acids is 1. The molecule has 1 aromatic heterocycles. The number of carbonyl (C=O) groups is 1. The summed E-state index contributed by atoms with van der Waals surface area (Å²) in [7, 11) is -1.19. The van der Waals surface area contributed by atoms with E-state index in [1.54, 1.807) is 4.90 Å². The van der Waals surface area contributed by atoms with Gasteiger partial charge in [0.15, 0.2) is 15.0 Å². The molecule has 3 rings (SSSR count). The molecule has 0 aliphatic carbocycles. The standard InChI is InChI=1S/C15H24N4O4S2/c1-11-16-17-15(18(11)2)24-9-14(20)19(8-13-4-3-6-23-13)12-5-7-25(21,22)10-12/h12-13H,3-10H2,1-2H3/t12-,13+/m0/s1. The fourth-order valence-corrected chi connectivity index (χ4v) is 5.78. The molecule has 140 valence electrons. The number of rotatable bonds is 6. The van der Waals surface area contributed by atoms with Crippen molar-refractivity contribution in [3.63, 3.8) is 0 Å². The van der Waals surface area contributed by atoms with Crippen LogP contribution in [-0.4, -0.2) is 76.5 Å². The number of aryl methyl sites for hydroxylation is 1. The first-order chi connectivity index (χ1) is 11.9. The van der Waals surface area contributed by atoms with Gasteiger partial charge in [-0.2, -0.15) is 0 Å². The lowest BCUT2D eigenvalue weighted by Gasteiger charge is -2.30. The topological polar surface area (TPSA) is 94.4 Å². The number of ether oxygens (including phenoxy) is 1. The van der Waals surface area contributed by atoms with Crippen LogP contribution >= 0.6 is 11.8 Å². The van der Waals surface area contributed by atoms with Gasteiger partial charge in [-0.25, -0.2) is 8.42 Å². The minimum atomic E-state index is -3.05. The van der Waals surface area contributed by atoms with E-state index in [0.717, 1.165) is 18.7 Å². The van der Waals surface area contributed by atoms with E-state index in [0.29, 0.717) is 24.7 Å². The largest absolute Gasteiger partial charge is 0.376 e. The van der Waals surface area contributed by atoms with Crippen LogP contribution in [0.25, 0.3) is 0 Å². The lowest BCUT2D eigenvalue weighted by atomic mass is 10.1. The highest BCUT2D eigenvalue weighted by molar-refractivity contribution is 7.99. The smallest absolute Gasteiger partial charge is 0.233 e. The van der Waals surface area contributed by atoms with Gasteiger partial charge in [-0.1, -0.05) is 11.8 Å². The summed E-state index contributed by atoms with van der Waals surface area (Å²) in [5, 5.41) is 8.72. The van der Waals surface area contributed by atoms with Crippen molar-refractivity contribution in [2.45, 2.75) is 43.5 Å². The number of aromatic nitrogens is 3. The molecular formula is C15H24N4O4S2. The number of thioether (sulfide) groups is 1. The summed E-state index contributed by atoms with van der Waals surface area (Å²) in [5.41, 5.74) is 0. The van der Waals surface area contributed by atoms with Crippen molar-refractivity contribution in [1.82, 2.24) is 19.7 Å². The fraction of sp³-hybridized carbons (Fsp3) is 0.800. The maximum absolute atomic E-state index is 12.8. The molecule has 1 amide bonds. The van der Waals surface area contributed by atoms with Gasteiger partial charge < -0.3 is 14.2 Å². The molecule has 0 aromatic carbocycles. The molecule has 25 heavy (non-hydrogen) atoms. The molecule has 3 heterocycles. The average molecular weight is 389 g/mol. The Morgan fingerprint density at radius 2 is 2.20 bits per heavy atom. The first-order valence-electron chi connectivity index (χ1n) is 8.46. The van der Waals surface area contributed by atoms with E-state index in [-0.39, 0.29) is 35.3 Å². The highest BCUT2D eigenvalue weighted by atomic mass is 32.2. The van der Waals surface area contributed by atoms with E-state index >= 15 is 0 Å². The van der Waals surface area contributed by atoms with E-state index in [9.17, 15) is 13.2 Å². The van der Waals surface area contributed by atoms with E-state index in [4.69, 9.17) is 4.74 Å². The molecule has 10 heteroatoms. The predicted octanol–water partition coefficient (Wildman–Crippen LogP) is 0.410. The van der Waals surface area contributed by atoms with Gasteiger partial charge in [0.2, 0.25) is 5.91 Å². The first kappa shape index (κ1) is 18.7. The van der Waals surface area contributed by atoms with Gasteiger partial charge in [0, 0.05) is 26.2 Å². The van der Waals surface area contributed by atoms with Gasteiger partial charge in [-0.3, -0.25) is 4.79 Å². The number of amides is 1. The Kier molecular flexibility index (Phi) is 5.69. The third-order valence-electron chi connectivity index (χ3n) is 4.77. The summed E-state index contributed by atoms with van der Waals surface area (Å²) >= 11 is 1.33. The fourth-order valence-electron chi connectivity index (χ4n) is 3.21. The molecule has 0 N–H and O–H groups in total. The number of nitrogens with zero attached hydrogens (tertiary/aromatic N) is 4.